The van der Waals surface area contributed by atoms with Crippen LogP contribution in [-0.4, -0.2) is 58.3 Å². The third-order valence-electron chi connectivity index (χ3n) is 3.39. The van der Waals surface area contributed by atoms with Gasteiger partial charge in [-0.25, -0.2) is 0 Å². The molecule has 1 aromatic carbocycles. The van der Waals surface area contributed by atoms with Crippen LogP contribution in [0.2, 0.25) is 0 Å². The average molecular weight is 297 g/mol. The Labute approximate surface area is 125 Å². The molecule has 6 nitrogen and oxygen atoms in total. The van der Waals surface area contributed by atoms with E-state index in [0.717, 1.165) is 0 Å². The topological polar surface area (TPSA) is 69.2 Å². The second-order valence-corrected chi connectivity index (χ2v) is 4.85. The van der Waals surface area contributed by atoms with Crippen molar-refractivity contribution in [2.75, 3.05) is 47.1 Å². The highest BCUT2D eigenvalue weighted by molar-refractivity contribution is 5.41. The van der Waals surface area contributed by atoms with Crippen LogP contribution >= 0.6 is 0 Å². The van der Waals surface area contributed by atoms with Gasteiger partial charge in [-0.3, -0.25) is 0 Å². The molecule has 2 rings (SSSR count). The summed E-state index contributed by atoms with van der Waals surface area (Å²) in [5.74, 6) is 1.33. The van der Waals surface area contributed by atoms with Crippen LogP contribution in [0.5, 0.6) is 11.5 Å². The molecular weight excluding hydrogens is 274 g/mol. The number of ether oxygens (including phenoxy) is 4. The molecule has 21 heavy (non-hydrogen) atoms. The molecule has 0 aliphatic carbocycles. The molecule has 0 amide bonds. The summed E-state index contributed by atoms with van der Waals surface area (Å²) in [5.41, 5.74) is 0.699. The first-order valence-corrected chi connectivity index (χ1v) is 7.04. The fourth-order valence-electron chi connectivity index (χ4n) is 2.25. The molecule has 6 heteroatoms. The zero-order valence-corrected chi connectivity index (χ0v) is 12.5. The van der Waals surface area contributed by atoms with Crippen LogP contribution in [0, 0.1) is 0 Å². The van der Waals surface area contributed by atoms with E-state index in [9.17, 15) is 5.11 Å². The maximum atomic E-state index is 10.3. The molecule has 0 saturated carbocycles. The molecule has 1 fully saturated rings. The van der Waals surface area contributed by atoms with E-state index in [0.29, 0.717) is 50.0 Å². The molecule has 2 N–H and O–H groups in total. The van der Waals surface area contributed by atoms with E-state index >= 15 is 0 Å². The van der Waals surface area contributed by atoms with Crippen molar-refractivity contribution < 1.29 is 24.1 Å². The second-order valence-electron chi connectivity index (χ2n) is 4.85. The summed E-state index contributed by atoms with van der Waals surface area (Å²) in [6.45, 7) is 2.91. The monoisotopic (exact) mass is 297 g/mol. The minimum absolute atomic E-state index is 0.0400. The first-order valence-electron chi connectivity index (χ1n) is 7.04. The summed E-state index contributed by atoms with van der Waals surface area (Å²) in [6.07, 6.45) is -0.641. The van der Waals surface area contributed by atoms with Crippen LogP contribution < -0.4 is 14.8 Å². The molecule has 0 aromatic heterocycles. The lowest BCUT2D eigenvalue weighted by Crippen LogP contribution is -2.38. The molecule has 0 spiro atoms. The lowest BCUT2D eigenvalue weighted by atomic mass is 10.1. The highest BCUT2D eigenvalue weighted by Gasteiger charge is 2.17. The fourth-order valence-corrected chi connectivity index (χ4v) is 2.25. The Morgan fingerprint density at radius 1 is 1.33 bits per heavy atom. The van der Waals surface area contributed by atoms with E-state index in [1.165, 1.54) is 0 Å². The Bertz CT molecular complexity index is 434. The molecule has 1 heterocycles. The SMILES string of the molecule is COc1ccc(OC)c(C(O)CNCC2COCCO2)c1. The van der Waals surface area contributed by atoms with E-state index in [4.69, 9.17) is 18.9 Å². The van der Waals surface area contributed by atoms with E-state index in [2.05, 4.69) is 5.32 Å². The zero-order chi connectivity index (χ0) is 15.1. The summed E-state index contributed by atoms with van der Waals surface area (Å²) >= 11 is 0. The van der Waals surface area contributed by atoms with E-state index in [1.54, 1.807) is 32.4 Å². The van der Waals surface area contributed by atoms with Crippen molar-refractivity contribution >= 4 is 0 Å². The Morgan fingerprint density at radius 2 is 2.19 bits per heavy atom. The van der Waals surface area contributed by atoms with Gasteiger partial charge in [0, 0.05) is 18.7 Å². The number of hydrogen-bond donors (Lipinski definition) is 2. The third-order valence-corrected chi connectivity index (χ3v) is 3.39. The first-order chi connectivity index (χ1) is 10.2. The molecule has 2 unspecified atom stereocenters. The summed E-state index contributed by atoms with van der Waals surface area (Å²) in [4.78, 5) is 0. The number of aliphatic hydroxyl groups excluding tert-OH is 1. The largest absolute Gasteiger partial charge is 0.497 e. The maximum Gasteiger partial charge on any atom is 0.124 e. The van der Waals surface area contributed by atoms with Crippen LogP contribution in [0.3, 0.4) is 0 Å². The maximum absolute atomic E-state index is 10.3. The van der Waals surface area contributed by atoms with Crippen LogP contribution in [0.1, 0.15) is 11.7 Å². The van der Waals surface area contributed by atoms with Gasteiger partial charge in [0.05, 0.1) is 46.2 Å². The molecule has 1 aliphatic heterocycles. The Balaban J connectivity index is 1.88. The van der Waals surface area contributed by atoms with Gasteiger partial charge in [-0.2, -0.15) is 0 Å². The van der Waals surface area contributed by atoms with Crippen LogP contribution in [0.25, 0.3) is 0 Å². The predicted octanol–water partition coefficient (Wildman–Crippen LogP) is 0.742. The van der Waals surface area contributed by atoms with Gasteiger partial charge in [0.2, 0.25) is 0 Å². The average Bonchev–Trinajstić information content (AvgIpc) is 2.55. The van der Waals surface area contributed by atoms with Crippen molar-refractivity contribution in [3.05, 3.63) is 23.8 Å². The number of benzene rings is 1. The molecule has 0 bridgehead atoms. The fraction of sp³-hybridized carbons (Fsp3) is 0.600. The lowest BCUT2D eigenvalue weighted by Gasteiger charge is -2.24. The van der Waals surface area contributed by atoms with Crippen LogP contribution in [-0.2, 0) is 9.47 Å². The number of methoxy groups -OCH3 is 2. The van der Waals surface area contributed by atoms with Crippen molar-refractivity contribution in [1.82, 2.24) is 5.32 Å². The Kier molecular flexibility index (Phi) is 6.25. The summed E-state index contributed by atoms with van der Waals surface area (Å²) in [5, 5.41) is 13.5. The van der Waals surface area contributed by atoms with Gasteiger partial charge in [-0.15, -0.1) is 0 Å². The normalized spacial score (nSPS) is 20.0. The van der Waals surface area contributed by atoms with Crippen LogP contribution in [0.4, 0.5) is 0 Å². The molecule has 0 radical (unpaired) electrons. The number of rotatable bonds is 7. The van der Waals surface area contributed by atoms with Crippen molar-refractivity contribution in [2.45, 2.75) is 12.2 Å². The van der Waals surface area contributed by atoms with Gasteiger partial charge in [0.15, 0.2) is 0 Å². The Hall–Kier alpha value is -1.34. The van der Waals surface area contributed by atoms with Crippen molar-refractivity contribution in [2.24, 2.45) is 0 Å². The van der Waals surface area contributed by atoms with Crippen molar-refractivity contribution in [1.29, 1.82) is 0 Å². The highest BCUT2D eigenvalue weighted by atomic mass is 16.6. The Morgan fingerprint density at radius 3 is 2.86 bits per heavy atom. The molecule has 1 aliphatic rings. The second kappa shape index (κ2) is 8.19. The van der Waals surface area contributed by atoms with Gasteiger partial charge in [-0.1, -0.05) is 0 Å². The quantitative estimate of drug-likeness (QED) is 0.774. The van der Waals surface area contributed by atoms with E-state index in [1.807, 2.05) is 0 Å². The summed E-state index contributed by atoms with van der Waals surface area (Å²) in [7, 11) is 3.18. The molecule has 2 atom stereocenters. The highest BCUT2D eigenvalue weighted by Crippen LogP contribution is 2.29. The number of hydrogen-bond acceptors (Lipinski definition) is 6. The molecular formula is C15H23NO5. The van der Waals surface area contributed by atoms with Gasteiger partial charge in [0.1, 0.15) is 11.5 Å². The standard InChI is InChI=1S/C15H23NO5/c1-18-11-3-4-15(19-2)13(7-11)14(17)9-16-8-12-10-20-5-6-21-12/h3-4,7,12,14,16-17H,5-6,8-10H2,1-2H3. The van der Waals surface area contributed by atoms with Gasteiger partial charge >= 0.3 is 0 Å². The molecule has 1 aromatic rings. The smallest absolute Gasteiger partial charge is 0.124 e. The third kappa shape index (κ3) is 4.57. The van der Waals surface area contributed by atoms with Crippen molar-refractivity contribution in [3.8, 4) is 11.5 Å². The predicted molar refractivity (Wildman–Crippen MR) is 77.9 cm³/mol. The van der Waals surface area contributed by atoms with Gasteiger partial charge in [-0.05, 0) is 18.2 Å². The summed E-state index contributed by atoms with van der Waals surface area (Å²) < 4.78 is 21.3. The summed E-state index contributed by atoms with van der Waals surface area (Å²) in [6, 6.07) is 5.37. The lowest BCUT2D eigenvalue weighted by molar-refractivity contribution is -0.0868. The minimum Gasteiger partial charge on any atom is -0.497 e. The molecule has 118 valence electrons. The van der Waals surface area contributed by atoms with Gasteiger partial charge < -0.3 is 29.4 Å². The first kappa shape index (κ1) is 16.0. The van der Waals surface area contributed by atoms with Crippen molar-refractivity contribution in [3.63, 3.8) is 0 Å². The molecule has 1 saturated heterocycles. The minimum atomic E-state index is -0.681. The number of aliphatic hydroxyl groups is 1. The number of nitrogens with one attached hydrogen (secondary N) is 1. The van der Waals surface area contributed by atoms with E-state index in [-0.39, 0.29) is 6.10 Å². The zero-order valence-electron chi connectivity index (χ0n) is 12.5. The van der Waals surface area contributed by atoms with E-state index < -0.39 is 6.10 Å². The van der Waals surface area contributed by atoms with Crippen LogP contribution in [0.15, 0.2) is 18.2 Å². The van der Waals surface area contributed by atoms with Gasteiger partial charge in [0.25, 0.3) is 0 Å².